The van der Waals surface area contributed by atoms with Gasteiger partial charge in [-0.05, 0) is 38.1 Å². The van der Waals surface area contributed by atoms with Crippen LogP contribution in [0.5, 0.6) is 0 Å². The van der Waals surface area contributed by atoms with Crippen LogP contribution in [0.1, 0.15) is 30.1 Å². The van der Waals surface area contributed by atoms with E-state index in [4.69, 9.17) is 4.52 Å². The van der Waals surface area contributed by atoms with Crippen LogP contribution in [0, 0.1) is 6.92 Å². The van der Waals surface area contributed by atoms with Crippen LogP contribution < -0.4 is 10.2 Å². The second-order valence-electron chi connectivity index (χ2n) is 5.75. The number of aromatic nitrogens is 3. The highest BCUT2D eigenvalue weighted by molar-refractivity contribution is 6.04. The molecule has 2 heterocycles. The Morgan fingerprint density at radius 2 is 2.00 bits per heavy atom. The minimum atomic E-state index is -0.218. The number of hydrogen-bond acceptors (Lipinski definition) is 6. The zero-order chi connectivity index (χ0) is 18.5. The highest BCUT2D eigenvalue weighted by Gasteiger charge is 2.11. The number of rotatable bonds is 6. The predicted octanol–water partition coefficient (Wildman–Crippen LogP) is 3.54. The Bertz CT molecular complexity index is 885. The van der Waals surface area contributed by atoms with Gasteiger partial charge in [0.1, 0.15) is 5.82 Å². The summed E-state index contributed by atoms with van der Waals surface area (Å²) in [6.07, 6.45) is 1.59. The van der Waals surface area contributed by atoms with Crippen LogP contribution in [0.2, 0.25) is 0 Å². The molecule has 3 aromatic rings. The van der Waals surface area contributed by atoms with E-state index in [1.54, 1.807) is 25.3 Å². The maximum absolute atomic E-state index is 12.5. The van der Waals surface area contributed by atoms with E-state index in [-0.39, 0.29) is 5.91 Å². The van der Waals surface area contributed by atoms with Gasteiger partial charge >= 0.3 is 0 Å². The monoisotopic (exact) mass is 351 g/mol. The van der Waals surface area contributed by atoms with Crippen molar-refractivity contribution in [1.29, 1.82) is 0 Å². The molecular weight excluding hydrogens is 330 g/mol. The summed E-state index contributed by atoms with van der Waals surface area (Å²) < 4.78 is 5.00. The topological polar surface area (TPSA) is 84.2 Å². The molecule has 3 rings (SSSR count). The average Bonchev–Trinajstić information content (AvgIpc) is 3.10. The highest BCUT2D eigenvalue weighted by atomic mass is 16.5. The molecule has 0 radical (unpaired) electrons. The third kappa shape index (κ3) is 3.88. The summed E-state index contributed by atoms with van der Waals surface area (Å²) in [7, 11) is 0. The van der Waals surface area contributed by atoms with Crippen molar-refractivity contribution in [2.24, 2.45) is 0 Å². The van der Waals surface area contributed by atoms with E-state index in [1.165, 1.54) is 0 Å². The van der Waals surface area contributed by atoms with Crippen LogP contribution in [0.15, 0.2) is 47.1 Å². The molecule has 1 aromatic carbocycles. The SMILES string of the molecule is CCN(CC)c1ccc(C(=O)Nc2cccc(-c3noc(C)n3)c2)cn1. The molecule has 0 fully saturated rings. The Morgan fingerprint density at radius 1 is 1.19 bits per heavy atom. The zero-order valence-corrected chi connectivity index (χ0v) is 15.1. The molecule has 0 aliphatic carbocycles. The molecule has 1 amide bonds. The van der Waals surface area contributed by atoms with Crippen LogP contribution in [-0.2, 0) is 0 Å². The lowest BCUT2D eigenvalue weighted by molar-refractivity contribution is 0.102. The number of anilines is 2. The van der Waals surface area contributed by atoms with Crippen molar-refractivity contribution in [3.63, 3.8) is 0 Å². The first-order chi connectivity index (χ1) is 12.6. The van der Waals surface area contributed by atoms with Gasteiger partial charge < -0.3 is 14.7 Å². The van der Waals surface area contributed by atoms with Crippen LogP contribution in [0.3, 0.4) is 0 Å². The van der Waals surface area contributed by atoms with Crippen LogP contribution in [0.4, 0.5) is 11.5 Å². The van der Waals surface area contributed by atoms with Gasteiger partial charge in [0.05, 0.1) is 5.56 Å². The number of amides is 1. The van der Waals surface area contributed by atoms with Crippen molar-refractivity contribution in [1.82, 2.24) is 15.1 Å². The zero-order valence-electron chi connectivity index (χ0n) is 15.1. The smallest absolute Gasteiger partial charge is 0.257 e. The van der Waals surface area contributed by atoms with Crippen LogP contribution in [0.25, 0.3) is 11.4 Å². The molecule has 2 aromatic heterocycles. The van der Waals surface area contributed by atoms with Gasteiger partial charge in [0.15, 0.2) is 0 Å². The second kappa shape index (κ2) is 7.77. The molecule has 0 aliphatic heterocycles. The van der Waals surface area contributed by atoms with Crippen LogP contribution in [-0.4, -0.2) is 34.1 Å². The van der Waals surface area contributed by atoms with Gasteiger partial charge in [-0.15, -0.1) is 0 Å². The van der Waals surface area contributed by atoms with Gasteiger partial charge in [0, 0.05) is 37.5 Å². The van der Waals surface area contributed by atoms with E-state index in [0.717, 1.165) is 24.5 Å². The first kappa shape index (κ1) is 17.6. The molecule has 0 aliphatic rings. The molecule has 0 saturated carbocycles. The summed E-state index contributed by atoms with van der Waals surface area (Å²) in [6, 6.07) is 11.0. The van der Waals surface area contributed by atoms with Gasteiger partial charge in [-0.1, -0.05) is 17.3 Å². The quantitative estimate of drug-likeness (QED) is 0.731. The first-order valence-corrected chi connectivity index (χ1v) is 8.53. The molecular formula is C19H21N5O2. The van der Waals surface area contributed by atoms with Crippen molar-refractivity contribution in [3.05, 3.63) is 54.0 Å². The molecule has 0 bridgehead atoms. The Hall–Kier alpha value is -3.22. The number of hydrogen-bond donors (Lipinski definition) is 1. The number of benzene rings is 1. The highest BCUT2D eigenvalue weighted by Crippen LogP contribution is 2.20. The Labute approximate surface area is 152 Å². The summed E-state index contributed by atoms with van der Waals surface area (Å²) in [4.78, 5) is 23.2. The van der Waals surface area contributed by atoms with Gasteiger partial charge in [-0.3, -0.25) is 4.79 Å². The molecule has 7 nitrogen and oxygen atoms in total. The van der Waals surface area contributed by atoms with Crippen molar-refractivity contribution in [2.45, 2.75) is 20.8 Å². The number of aryl methyl sites for hydroxylation is 1. The lowest BCUT2D eigenvalue weighted by Gasteiger charge is -2.19. The fourth-order valence-corrected chi connectivity index (χ4v) is 2.61. The lowest BCUT2D eigenvalue weighted by Crippen LogP contribution is -2.23. The van der Waals surface area contributed by atoms with E-state index < -0.39 is 0 Å². The van der Waals surface area contributed by atoms with Crippen molar-refractivity contribution in [3.8, 4) is 11.4 Å². The van der Waals surface area contributed by atoms with E-state index in [0.29, 0.717) is 23.0 Å². The molecule has 134 valence electrons. The van der Waals surface area contributed by atoms with Gasteiger partial charge in [0.2, 0.25) is 11.7 Å². The van der Waals surface area contributed by atoms with Crippen LogP contribution >= 0.6 is 0 Å². The predicted molar refractivity (Wildman–Crippen MR) is 100 cm³/mol. The number of nitrogens with zero attached hydrogens (tertiary/aromatic N) is 4. The maximum Gasteiger partial charge on any atom is 0.257 e. The van der Waals surface area contributed by atoms with Crippen molar-refractivity contribution in [2.75, 3.05) is 23.3 Å². The Balaban J connectivity index is 1.74. The standard InChI is InChI=1S/C19H21N5O2/c1-4-24(5-2)17-10-9-15(12-20-17)19(25)22-16-8-6-7-14(11-16)18-21-13(3)26-23-18/h6-12H,4-5H2,1-3H3,(H,22,25). The molecule has 26 heavy (non-hydrogen) atoms. The number of pyridine rings is 1. The van der Waals surface area contributed by atoms with E-state index in [9.17, 15) is 4.79 Å². The minimum absolute atomic E-state index is 0.218. The lowest BCUT2D eigenvalue weighted by atomic mass is 10.2. The summed E-state index contributed by atoms with van der Waals surface area (Å²) in [6.45, 7) is 7.62. The fraction of sp³-hybridized carbons (Fsp3) is 0.263. The number of nitrogens with one attached hydrogen (secondary N) is 1. The largest absolute Gasteiger partial charge is 0.357 e. The molecule has 0 atom stereocenters. The van der Waals surface area contributed by atoms with E-state index >= 15 is 0 Å². The molecule has 0 spiro atoms. The number of carbonyl (C=O) groups is 1. The first-order valence-electron chi connectivity index (χ1n) is 8.53. The van der Waals surface area contributed by atoms with Gasteiger partial charge in [-0.2, -0.15) is 4.98 Å². The minimum Gasteiger partial charge on any atom is -0.357 e. The van der Waals surface area contributed by atoms with Crippen molar-refractivity contribution < 1.29 is 9.32 Å². The summed E-state index contributed by atoms with van der Waals surface area (Å²) in [5, 5.41) is 6.77. The second-order valence-corrected chi connectivity index (χ2v) is 5.75. The van der Waals surface area contributed by atoms with E-state index in [1.807, 2.05) is 24.3 Å². The van der Waals surface area contributed by atoms with Gasteiger partial charge in [0.25, 0.3) is 5.91 Å². The Morgan fingerprint density at radius 3 is 2.62 bits per heavy atom. The van der Waals surface area contributed by atoms with Gasteiger partial charge in [-0.25, -0.2) is 4.98 Å². The molecule has 1 N–H and O–H groups in total. The third-order valence-electron chi connectivity index (χ3n) is 4.00. The van der Waals surface area contributed by atoms with Crippen molar-refractivity contribution >= 4 is 17.4 Å². The summed E-state index contributed by atoms with van der Waals surface area (Å²) >= 11 is 0. The van der Waals surface area contributed by atoms with E-state index in [2.05, 4.69) is 39.2 Å². The Kier molecular flexibility index (Phi) is 5.26. The number of carbonyl (C=O) groups excluding carboxylic acids is 1. The normalized spacial score (nSPS) is 10.6. The maximum atomic E-state index is 12.5. The molecule has 0 unspecified atom stereocenters. The average molecular weight is 351 g/mol. The fourth-order valence-electron chi connectivity index (χ4n) is 2.61. The third-order valence-corrected chi connectivity index (χ3v) is 4.00. The molecule has 7 heteroatoms. The summed E-state index contributed by atoms with van der Waals surface area (Å²) in [5.74, 6) is 1.63. The summed E-state index contributed by atoms with van der Waals surface area (Å²) in [5.41, 5.74) is 1.93. The molecule has 0 saturated heterocycles.